The number of halogens is 2. The van der Waals surface area contributed by atoms with Crippen LogP contribution in [0.1, 0.15) is 50.5 Å². The first-order valence-corrected chi connectivity index (χ1v) is 10.9. The van der Waals surface area contributed by atoms with E-state index in [1.54, 1.807) is 0 Å². The third-order valence-electron chi connectivity index (χ3n) is 5.41. The fraction of sp³-hybridized carbons (Fsp3) is 0.348. The SMILES string of the molecule is CC(C)N(Cc1nnc2n1-c1ccc(Cl)cc1C(c1ccccc1Cl)=NC2)C(C)C. The molecule has 0 saturated carbocycles. The van der Waals surface area contributed by atoms with Gasteiger partial charge in [0.15, 0.2) is 11.6 Å². The highest BCUT2D eigenvalue weighted by Crippen LogP contribution is 2.30. The van der Waals surface area contributed by atoms with E-state index >= 15 is 0 Å². The molecule has 0 fully saturated rings. The van der Waals surface area contributed by atoms with E-state index in [0.29, 0.717) is 35.2 Å². The third kappa shape index (κ3) is 3.89. The molecule has 1 aliphatic heterocycles. The molecule has 0 bridgehead atoms. The van der Waals surface area contributed by atoms with E-state index in [1.165, 1.54) is 0 Å². The molecular weight excluding hydrogens is 417 g/mol. The molecule has 0 radical (unpaired) electrons. The van der Waals surface area contributed by atoms with E-state index in [9.17, 15) is 0 Å². The first-order chi connectivity index (χ1) is 14.4. The van der Waals surface area contributed by atoms with Crippen LogP contribution in [0.3, 0.4) is 0 Å². The summed E-state index contributed by atoms with van der Waals surface area (Å²) in [4.78, 5) is 7.27. The van der Waals surface area contributed by atoms with Crippen LogP contribution in [0.5, 0.6) is 0 Å². The minimum Gasteiger partial charge on any atom is -0.291 e. The van der Waals surface area contributed by atoms with Crippen molar-refractivity contribution in [1.82, 2.24) is 19.7 Å². The quantitative estimate of drug-likeness (QED) is 0.521. The molecule has 156 valence electrons. The fourth-order valence-corrected chi connectivity index (χ4v) is 4.37. The van der Waals surface area contributed by atoms with Crippen LogP contribution in [-0.2, 0) is 13.1 Å². The molecule has 30 heavy (non-hydrogen) atoms. The van der Waals surface area contributed by atoms with Crippen LogP contribution in [0.2, 0.25) is 10.0 Å². The van der Waals surface area contributed by atoms with Gasteiger partial charge >= 0.3 is 0 Å². The minimum atomic E-state index is 0.392. The van der Waals surface area contributed by atoms with Crippen molar-refractivity contribution in [2.24, 2.45) is 4.99 Å². The van der Waals surface area contributed by atoms with E-state index in [1.807, 2.05) is 42.5 Å². The summed E-state index contributed by atoms with van der Waals surface area (Å²) in [5.74, 6) is 1.70. The van der Waals surface area contributed by atoms with Crippen molar-refractivity contribution in [2.75, 3.05) is 0 Å². The van der Waals surface area contributed by atoms with Gasteiger partial charge in [-0.3, -0.25) is 14.5 Å². The Hall–Kier alpha value is -2.21. The predicted molar refractivity (Wildman–Crippen MR) is 123 cm³/mol. The lowest BCUT2D eigenvalue weighted by Gasteiger charge is -2.30. The number of aliphatic imine (C=N–C) groups is 1. The third-order valence-corrected chi connectivity index (χ3v) is 5.97. The molecule has 0 amide bonds. The van der Waals surface area contributed by atoms with Gasteiger partial charge in [-0.1, -0.05) is 41.4 Å². The number of fused-ring (bicyclic) bond motifs is 3. The maximum Gasteiger partial charge on any atom is 0.159 e. The second kappa shape index (κ2) is 8.50. The second-order valence-corrected chi connectivity index (χ2v) is 8.88. The zero-order valence-electron chi connectivity index (χ0n) is 17.6. The standard InChI is InChI=1S/C23H25Cl2N5/c1-14(2)29(15(3)4)13-22-28-27-21-12-26-23(17-7-5-6-8-19(17)25)18-11-16(24)9-10-20(18)30(21)22/h5-11,14-15H,12-13H2,1-4H3. The van der Waals surface area contributed by atoms with Gasteiger partial charge in [-0.05, 0) is 52.0 Å². The van der Waals surface area contributed by atoms with E-state index in [-0.39, 0.29) is 0 Å². The van der Waals surface area contributed by atoms with E-state index in [4.69, 9.17) is 28.2 Å². The van der Waals surface area contributed by atoms with Gasteiger partial charge in [-0.2, -0.15) is 0 Å². The average molecular weight is 442 g/mol. The van der Waals surface area contributed by atoms with Gasteiger partial charge in [0.1, 0.15) is 6.54 Å². The summed E-state index contributed by atoms with van der Waals surface area (Å²) in [6, 6.07) is 14.4. The highest BCUT2D eigenvalue weighted by Gasteiger charge is 2.26. The van der Waals surface area contributed by atoms with Crippen LogP contribution in [0.15, 0.2) is 47.5 Å². The zero-order chi connectivity index (χ0) is 21.4. The highest BCUT2D eigenvalue weighted by molar-refractivity contribution is 6.36. The molecular formula is C23H25Cl2N5. The van der Waals surface area contributed by atoms with E-state index < -0.39 is 0 Å². The van der Waals surface area contributed by atoms with Crippen molar-refractivity contribution in [3.05, 3.63) is 75.3 Å². The molecule has 0 unspecified atom stereocenters. The van der Waals surface area contributed by atoms with Gasteiger partial charge in [0.2, 0.25) is 0 Å². The van der Waals surface area contributed by atoms with Crippen LogP contribution in [0.25, 0.3) is 5.69 Å². The molecule has 1 aliphatic rings. The fourth-order valence-electron chi connectivity index (χ4n) is 3.97. The number of hydrogen-bond acceptors (Lipinski definition) is 4. The van der Waals surface area contributed by atoms with Gasteiger partial charge < -0.3 is 0 Å². The Kier molecular flexibility index (Phi) is 5.96. The summed E-state index contributed by atoms with van der Waals surface area (Å²) >= 11 is 12.9. The second-order valence-electron chi connectivity index (χ2n) is 8.03. The largest absolute Gasteiger partial charge is 0.291 e. The Morgan fingerprint density at radius 2 is 1.70 bits per heavy atom. The molecule has 4 rings (SSSR count). The summed E-state index contributed by atoms with van der Waals surface area (Å²) in [7, 11) is 0. The minimum absolute atomic E-state index is 0.392. The lowest BCUT2D eigenvalue weighted by molar-refractivity contribution is 0.160. The molecule has 2 heterocycles. The van der Waals surface area contributed by atoms with Crippen molar-refractivity contribution in [1.29, 1.82) is 0 Å². The predicted octanol–water partition coefficient (Wildman–Crippen LogP) is 5.54. The number of nitrogens with zero attached hydrogens (tertiary/aromatic N) is 5. The van der Waals surface area contributed by atoms with Gasteiger partial charge in [-0.25, -0.2) is 0 Å². The van der Waals surface area contributed by atoms with Crippen molar-refractivity contribution >= 4 is 28.9 Å². The molecule has 0 atom stereocenters. The Labute approximate surface area is 187 Å². The van der Waals surface area contributed by atoms with Gasteiger partial charge in [0, 0.05) is 33.3 Å². The zero-order valence-corrected chi connectivity index (χ0v) is 19.1. The van der Waals surface area contributed by atoms with Crippen molar-refractivity contribution in [2.45, 2.75) is 52.9 Å². The molecule has 0 N–H and O–H groups in total. The van der Waals surface area contributed by atoms with Gasteiger partial charge in [0.25, 0.3) is 0 Å². The van der Waals surface area contributed by atoms with E-state index in [0.717, 1.165) is 34.2 Å². The summed E-state index contributed by atoms with van der Waals surface area (Å²) in [6.07, 6.45) is 0. The average Bonchev–Trinajstić information content (AvgIpc) is 3.02. The van der Waals surface area contributed by atoms with Crippen LogP contribution in [0.4, 0.5) is 0 Å². The van der Waals surface area contributed by atoms with Crippen molar-refractivity contribution in [3.63, 3.8) is 0 Å². The first kappa shape index (κ1) is 21.0. The van der Waals surface area contributed by atoms with Crippen molar-refractivity contribution < 1.29 is 0 Å². The summed E-state index contributed by atoms with van der Waals surface area (Å²) in [6.45, 7) is 9.92. The molecule has 0 spiro atoms. The number of rotatable bonds is 5. The van der Waals surface area contributed by atoms with Crippen LogP contribution in [0, 0.1) is 0 Å². The van der Waals surface area contributed by atoms with Crippen LogP contribution >= 0.6 is 23.2 Å². The Bertz CT molecular complexity index is 1090. The van der Waals surface area contributed by atoms with Crippen molar-refractivity contribution in [3.8, 4) is 5.69 Å². The summed E-state index contributed by atoms with van der Waals surface area (Å²) in [5, 5.41) is 10.3. The maximum absolute atomic E-state index is 6.52. The van der Waals surface area contributed by atoms with Gasteiger partial charge in [-0.15, -0.1) is 10.2 Å². The molecule has 1 aromatic heterocycles. The number of benzene rings is 2. The van der Waals surface area contributed by atoms with Gasteiger partial charge in [0.05, 0.1) is 17.9 Å². The van der Waals surface area contributed by atoms with Crippen LogP contribution < -0.4 is 0 Å². The lowest BCUT2D eigenvalue weighted by atomic mass is 10.0. The monoisotopic (exact) mass is 441 g/mol. The smallest absolute Gasteiger partial charge is 0.159 e. The topological polar surface area (TPSA) is 46.3 Å². The number of aromatic nitrogens is 3. The molecule has 0 saturated heterocycles. The maximum atomic E-state index is 6.52. The molecule has 7 heteroatoms. The molecule has 5 nitrogen and oxygen atoms in total. The normalized spacial score (nSPS) is 13.4. The number of hydrogen-bond donors (Lipinski definition) is 0. The Morgan fingerprint density at radius 1 is 0.967 bits per heavy atom. The van der Waals surface area contributed by atoms with Crippen LogP contribution in [-0.4, -0.2) is 37.5 Å². The summed E-state index contributed by atoms with van der Waals surface area (Å²) < 4.78 is 2.12. The highest BCUT2D eigenvalue weighted by atomic mass is 35.5. The Balaban J connectivity index is 1.87. The Morgan fingerprint density at radius 3 is 2.40 bits per heavy atom. The summed E-state index contributed by atoms with van der Waals surface area (Å²) in [5.41, 5.74) is 3.60. The van der Waals surface area contributed by atoms with E-state index in [2.05, 4.69) is 47.4 Å². The molecule has 3 aromatic rings. The molecule has 2 aromatic carbocycles. The first-order valence-electron chi connectivity index (χ1n) is 10.2. The lowest BCUT2D eigenvalue weighted by Crippen LogP contribution is -2.37. The molecule has 0 aliphatic carbocycles.